The molecule has 0 saturated carbocycles. The van der Waals surface area contributed by atoms with Crippen molar-refractivity contribution in [3.05, 3.63) is 23.8 Å². The first-order chi connectivity index (χ1) is 13.2. The summed E-state index contributed by atoms with van der Waals surface area (Å²) in [6.45, 7) is 1.15. The Bertz CT molecular complexity index is 855. The molecule has 2 amide bonds. The Morgan fingerprint density at radius 2 is 1.93 bits per heavy atom. The van der Waals surface area contributed by atoms with Crippen molar-refractivity contribution >= 4 is 21.7 Å². The highest BCUT2D eigenvalue weighted by molar-refractivity contribution is 7.91. The van der Waals surface area contributed by atoms with Crippen molar-refractivity contribution in [1.29, 1.82) is 0 Å². The van der Waals surface area contributed by atoms with E-state index in [2.05, 4.69) is 5.32 Å². The monoisotopic (exact) mass is 411 g/mol. The van der Waals surface area contributed by atoms with Gasteiger partial charge in [-0.25, -0.2) is 8.42 Å². The van der Waals surface area contributed by atoms with Crippen molar-refractivity contribution < 1.29 is 27.5 Å². The number of rotatable bonds is 6. The van der Waals surface area contributed by atoms with Crippen molar-refractivity contribution in [2.75, 3.05) is 45.5 Å². The molecule has 1 unspecified atom stereocenters. The number of hydrogen-bond acceptors (Lipinski definition) is 7. The average molecular weight is 411 g/mol. The van der Waals surface area contributed by atoms with Crippen LogP contribution in [0.2, 0.25) is 0 Å². The topological polar surface area (TPSA) is 105 Å². The molecule has 2 aliphatic rings. The molecule has 3 rings (SSSR count). The van der Waals surface area contributed by atoms with Gasteiger partial charge in [-0.2, -0.15) is 0 Å². The summed E-state index contributed by atoms with van der Waals surface area (Å²) in [5, 5.41) is 2.61. The fourth-order valence-electron chi connectivity index (χ4n) is 3.22. The van der Waals surface area contributed by atoms with Gasteiger partial charge in [0.25, 0.3) is 0 Å². The van der Waals surface area contributed by atoms with E-state index in [0.717, 1.165) is 5.56 Å². The quantitative estimate of drug-likeness (QED) is 0.636. The van der Waals surface area contributed by atoms with Crippen LogP contribution in [0.5, 0.6) is 11.5 Å². The number of sulfone groups is 1. The van der Waals surface area contributed by atoms with Crippen LogP contribution < -0.4 is 14.8 Å². The van der Waals surface area contributed by atoms with Crippen LogP contribution in [-0.2, 0) is 26.0 Å². The molecule has 9 nitrogen and oxygen atoms in total. The third kappa shape index (κ3) is 4.93. The molecule has 0 radical (unpaired) electrons. The van der Waals surface area contributed by atoms with Crippen LogP contribution in [0.3, 0.4) is 0 Å². The molecule has 1 fully saturated rings. The Hall–Kier alpha value is -2.33. The fraction of sp³-hybridized carbons (Fsp3) is 0.556. The van der Waals surface area contributed by atoms with E-state index in [1.807, 2.05) is 19.0 Å². The number of carbonyl (C=O) groups is 2. The van der Waals surface area contributed by atoms with E-state index >= 15 is 0 Å². The molecule has 0 spiro atoms. The minimum absolute atomic E-state index is 0.0439. The number of amides is 2. The van der Waals surface area contributed by atoms with E-state index in [0.29, 0.717) is 31.0 Å². The number of likely N-dealkylation sites (N-methyl/N-ethyl adjacent to an activating group) is 1. The molecular weight excluding hydrogens is 386 g/mol. The summed E-state index contributed by atoms with van der Waals surface area (Å²) < 4.78 is 34.2. The van der Waals surface area contributed by atoms with E-state index in [1.165, 1.54) is 4.90 Å². The maximum Gasteiger partial charge on any atom is 0.312 e. The maximum absolute atomic E-state index is 12.7. The first-order valence-electron chi connectivity index (χ1n) is 9.07. The SMILES string of the molecule is CN(C)CCN(C(=O)C(=O)NCc1ccc2c(c1)OCO2)C1CCS(=O)(=O)C1. The zero-order chi connectivity index (χ0) is 20.3. The number of carbonyl (C=O) groups excluding carboxylic acids is 2. The number of hydrogen-bond donors (Lipinski definition) is 1. The number of ether oxygens (including phenoxy) is 2. The van der Waals surface area contributed by atoms with E-state index in [-0.39, 0.29) is 24.8 Å². The molecule has 1 N–H and O–H groups in total. The van der Waals surface area contributed by atoms with Crippen molar-refractivity contribution in [3.8, 4) is 11.5 Å². The van der Waals surface area contributed by atoms with Gasteiger partial charge < -0.3 is 24.6 Å². The molecule has 2 heterocycles. The van der Waals surface area contributed by atoms with Gasteiger partial charge in [-0.15, -0.1) is 0 Å². The van der Waals surface area contributed by atoms with Crippen LogP contribution in [0.15, 0.2) is 18.2 Å². The van der Waals surface area contributed by atoms with Crippen LogP contribution in [0.1, 0.15) is 12.0 Å². The molecule has 0 aliphatic carbocycles. The van der Waals surface area contributed by atoms with Crippen LogP contribution in [0.25, 0.3) is 0 Å². The van der Waals surface area contributed by atoms with E-state index in [9.17, 15) is 18.0 Å². The van der Waals surface area contributed by atoms with Crippen molar-refractivity contribution in [2.24, 2.45) is 0 Å². The zero-order valence-corrected chi connectivity index (χ0v) is 16.8. The van der Waals surface area contributed by atoms with E-state index in [1.54, 1.807) is 18.2 Å². The molecule has 2 aliphatic heterocycles. The van der Waals surface area contributed by atoms with E-state index < -0.39 is 27.7 Å². The van der Waals surface area contributed by atoms with Gasteiger partial charge in [0.2, 0.25) is 6.79 Å². The van der Waals surface area contributed by atoms with Crippen LogP contribution in [0, 0.1) is 0 Å². The molecule has 1 atom stereocenters. The van der Waals surface area contributed by atoms with Crippen LogP contribution in [-0.4, -0.2) is 81.6 Å². The first-order valence-corrected chi connectivity index (χ1v) is 10.9. The standard InChI is InChI=1S/C18H25N3O6S/c1-20(2)6-7-21(14-5-8-28(24,25)11-14)18(23)17(22)19-10-13-3-4-15-16(9-13)27-12-26-15/h3-4,9,14H,5-8,10-12H2,1-2H3,(H,19,22). The van der Waals surface area contributed by atoms with Gasteiger partial charge in [0.1, 0.15) is 0 Å². The van der Waals surface area contributed by atoms with E-state index in [4.69, 9.17) is 9.47 Å². The lowest BCUT2D eigenvalue weighted by Gasteiger charge is -2.28. The van der Waals surface area contributed by atoms with Crippen LogP contribution >= 0.6 is 0 Å². The fourth-order valence-corrected chi connectivity index (χ4v) is 4.95. The number of nitrogens with zero attached hydrogens (tertiary/aromatic N) is 2. The lowest BCUT2D eigenvalue weighted by Crippen LogP contribution is -2.50. The third-order valence-electron chi connectivity index (χ3n) is 4.78. The maximum atomic E-state index is 12.7. The molecule has 0 aromatic heterocycles. The summed E-state index contributed by atoms with van der Waals surface area (Å²) in [5.74, 6) is -0.264. The van der Waals surface area contributed by atoms with Gasteiger partial charge in [0.15, 0.2) is 21.3 Å². The number of benzene rings is 1. The highest BCUT2D eigenvalue weighted by Gasteiger charge is 2.36. The molecule has 0 bridgehead atoms. The summed E-state index contributed by atoms with van der Waals surface area (Å²) in [6, 6.07) is 4.82. The van der Waals surface area contributed by atoms with Crippen molar-refractivity contribution in [3.63, 3.8) is 0 Å². The zero-order valence-electron chi connectivity index (χ0n) is 16.0. The first kappa shape index (κ1) is 20.4. The summed E-state index contributed by atoms with van der Waals surface area (Å²) in [5.41, 5.74) is 0.772. The minimum Gasteiger partial charge on any atom is -0.454 e. The van der Waals surface area contributed by atoms with Gasteiger partial charge >= 0.3 is 11.8 Å². The highest BCUT2D eigenvalue weighted by Crippen LogP contribution is 2.32. The normalized spacial score (nSPS) is 19.6. The molecular formula is C18H25N3O6S. The molecule has 1 saturated heterocycles. The van der Waals surface area contributed by atoms with Gasteiger partial charge in [0, 0.05) is 25.7 Å². The summed E-state index contributed by atoms with van der Waals surface area (Å²) in [7, 11) is 0.545. The van der Waals surface area contributed by atoms with Gasteiger partial charge in [-0.1, -0.05) is 6.07 Å². The smallest absolute Gasteiger partial charge is 0.312 e. The second-order valence-electron chi connectivity index (χ2n) is 7.23. The van der Waals surface area contributed by atoms with Gasteiger partial charge in [0.05, 0.1) is 11.5 Å². The number of fused-ring (bicyclic) bond motifs is 1. The van der Waals surface area contributed by atoms with Crippen molar-refractivity contribution in [2.45, 2.75) is 19.0 Å². The van der Waals surface area contributed by atoms with Crippen molar-refractivity contribution in [1.82, 2.24) is 15.1 Å². The lowest BCUT2D eigenvalue weighted by atomic mass is 10.2. The molecule has 1 aromatic carbocycles. The number of nitrogens with one attached hydrogen (secondary N) is 1. The average Bonchev–Trinajstić information content (AvgIpc) is 3.24. The predicted octanol–water partition coefficient (Wildman–Crippen LogP) is -0.391. The summed E-state index contributed by atoms with van der Waals surface area (Å²) in [6.07, 6.45) is 0.358. The molecule has 10 heteroatoms. The molecule has 154 valence electrons. The van der Waals surface area contributed by atoms with Gasteiger partial charge in [-0.05, 0) is 38.2 Å². The molecule has 28 heavy (non-hydrogen) atoms. The lowest BCUT2D eigenvalue weighted by molar-refractivity contribution is -0.147. The largest absolute Gasteiger partial charge is 0.454 e. The Labute approximate surface area is 164 Å². The highest BCUT2D eigenvalue weighted by atomic mass is 32.2. The Morgan fingerprint density at radius 1 is 1.18 bits per heavy atom. The van der Waals surface area contributed by atoms with Crippen LogP contribution in [0.4, 0.5) is 0 Å². The minimum atomic E-state index is -3.16. The third-order valence-corrected chi connectivity index (χ3v) is 6.53. The Balaban J connectivity index is 1.63. The predicted molar refractivity (Wildman–Crippen MR) is 102 cm³/mol. The second kappa shape index (κ2) is 8.36. The van der Waals surface area contributed by atoms with Gasteiger partial charge in [-0.3, -0.25) is 9.59 Å². The Kier molecular flexibility index (Phi) is 6.09. The second-order valence-corrected chi connectivity index (χ2v) is 9.46. The summed E-state index contributed by atoms with van der Waals surface area (Å²) >= 11 is 0. The Morgan fingerprint density at radius 3 is 2.61 bits per heavy atom. The molecule has 1 aromatic rings. The summed E-state index contributed by atoms with van der Waals surface area (Å²) in [4.78, 5) is 28.4.